The number of nitrogens with one attached hydrogen (secondary N) is 1. The monoisotopic (exact) mass is 469 g/mol. The summed E-state index contributed by atoms with van der Waals surface area (Å²) in [5.41, 5.74) is 6.65. The first-order chi connectivity index (χ1) is 16.6. The van der Waals surface area contributed by atoms with E-state index in [2.05, 4.69) is 62.0 Å². The number of fused-ring (bicyclic) bond motifs is 2. The Morgan fingerprint density at radius 1 is 1.00 bits per heavy atom. The summed E-state index contributed by atoms with van der Waals surface area (Å²) in [5.74, 6) is 0. The molecule has 0 aliphatic carbocycles. The molecule has 0 spiro atoms. The van der Waals surface area contributed by atoms with Crippen LogP contribution in [0.4, 0.5) is 0 Å². The van der Waals surface area contributed by atoms with Crippen molar-refractivity contribution >= 4 is 22.6 Å². The van der Waals surface area contributed by atoms with Gasteiger partial charge in [0.2, 0.25) is 0 Å². The molecule has 0 fully saturated rings. The standard InChI is InChI=1S/C27H24ClN5O/c1-17(19-8-5-9-22(28)12-19)33-11-10-32-16-21(14-24(32)27(33)34)25-23-13-20(15-29-26(23)31-30-25)18-6-3-2-4-7-18/h2-9,12-17,27,34H,10-11H2,1H3,(H,29,30,31)/t17-,27?/m1/s1. The van der Waals surface area contributed by atoms with E-state index in [4.69, 9.17) is 11.6 Å². The third-order valence-corrected chi connectivity index (χ3v) is 6.97. The highest BCUT2D eigenvalue weighted by Crippen LogP contribution is 2.37. The molecule has 3 aromatic heterocycles. The van der Waals surface area contributed by atoms with E-state index in [1.54, 1.807) is 0 Å². The lowest BCUT2D eigenvalue weighted by Crippen LogP contribution is -2.39. The predicted octanol–water partition coefficient (Wildman–Crippen LogP) is 5.81. The molecule has 6 nitrogen and oxygen atoms in total. The van der Waals surface area contributed by atoms with Gasteiger partial charge in [0, 0.05) is 53.1 Å². The molecule has 2 atom stereocenters. The lowest BCUT2D eigenvalue weighted by molar-refractivity contribution is -0.0453. The van der Waals surface area contributed by atoms with E-state index in [1.807, 2.05) is 48.7 Å². The van der Waals surface area contributed by atoms with Gasteiger partial charge in [-0.25, -0.2) is 4.98 Å². The number of hydrogen-bond acceptors (Lipinski definition) is 4. The highest BCUT2D eigenvalue weighted by atomic mass is 35.5. The van der Waals surface area contributed by atoms with Gasteiger partial charge in [-0.2, -0.15) is 5.10 Å². The Labute approximate surface area is 202 Å². The molecule has 0 radical (unpaired) electrons. The molecule has 1 unspecified atom stereocenters. The van der Waals surface area contributed by atoms with E-state index in [-0.39, 0.29) is 6.04 Å². The van der Waals surface area contributed by atoms with E-state index in [9.17, 15) is 5.11 Å². The maximum atomic E-state index is 11.3. The van der Waals surface area contributed by atoms with Crippen molar-refractivity contribution in [1.82, 2.24) is 24.6 Å². The van der Waals surface area contributed by atoms with Crippen molar-refractivity contribution in [3.8, 4) is 22.4 Å². The number of aromatic amines is 1. The number of benzene rings is 2. The molecule has 0 saturated carbocycles. The van der Waals surface area contributed by atoms with Crippen LogP contribution in [0.3, 0.4) is 0 Å². The van der Waals surface area contributed by atoms with E-state index < -0.39 is 6.23 Å². The zero-order valence-electron chi connectivity index (χ0n) is 18.7. The number of aliphatic hydroxyl groups is 1. The molecule has 7 heteroatoms. The van der Waals surface area contributed by atoms with Crippen LogP contribution in [0.15, 0.2) is 79.1 Å². The van der Waals surface area contributed by atoms with Crippen LogP contribution in [0, 0.1) is 0 Å². The molecule has 1 aliphatic heterocycles. The molecule has 2 aromatic carbocycles. The van der Waals surface area contributed by atoms with E-state index in [0.717, 1.165) is 57.8 Å². The predicted molar refractivity (Wildman–Crippen MR) is 134 cm³/mol. The highest BCUT2D eigenvalue weighted by Gasteiger charge is 2.31. The van der Waals surface area contributed by atoms with Gasteiger partial charge in [-0.05, 0) is 42.3 Å². The summed E-state index contributed by atoms with van der Waals surface area (Å²) in [4.78, 5) is 6.68. The number of halogens is 1. The SMILES string of the molecule is C[C@H](c1cccc(Cl)c1)N1CCn2cc(-c3n[nH]c4ncc(-c5ccccc5)cc34)cc2C1O. The Balaban J connectivity index is 1.35. The zero-order valence-corrected chi connectivity index (χ0v) is 19.4. The molecule has 6 rings (SSSR count). The van der Waals surface area contributed by atoms with Gasteiger partial charge in [-0.15, -0.1) is 0 Å². The van der Waals surface area contributed by atoms with E-state index >= 15 is 0 Å². The molecular weight excluding hydrogens is 446 g/mol. The Kier molecular flexibility index (Phi) is 5.21. The minimum atomic E-state index is -0.723. The molecule has 4 heterocycles. The molecule has 5 aromatic rings. The number of rotatable bonds is 4. The number of H-pyrrole nitrogens is 1. The molecule has 2 N–H and O–H groups in total. The maximum Gasteiger partial charge on any atom is 0.155 e. The fourth-order valence-electron chi connectivity index (χ4n) is 4.86. The third-order valence-electron chi connectivity index (χ3n) is 6.73. The fourth-order valence-corrected chi connectivity index (χ4v) is 5.06. The Bertz CT molecular complexity index is 1480. The van der Waals surface area contributed by atoms with Gasteiger partial charge >= 0.3 is 0 Å². The summed E-state index contributed by atoms with van der Waals surface area (Å²) < 4.78 is 2.12. The second kappa shape index (κ2) is 8.40. The van der Waals surface area contributed by atoms with Gasteiger partial charge in [-0.3, -0.25) is 10.00 Å². The normalized spacial score (nSPS) is 17.1. The highest BCUT2D eigenvalue weighted by molar-refractivity contribution is 6.30. The van der Waals surface area contributed by atoms with Gasteiger partial charge < -0.3 is 9.67 Å². The molecule has 0 bridgehead atoms. The van der Waals surface area contributed by atoms with E-state index in [1.165, 1.54) is 0 Å². The average Bonchev–Trinajstić information content (AvgIpc) is 3.48. The first-order valence-corrected chi connectivity index (χ1v) is 11.8. The van der Waals surface area contributed by atoms with Crippen LogP contribution < -0.4 is 0 Å². The van der Waals surface area contributed by atoms with Gasteiger partial charge in [0.25, 0.3) is 0 Å². The van der Waals surface area contributed by atoms with Crippen LogP contribution in [0.1, 0.15) is 30.5 Å². The molecule has 170 valence electrons. The molecule has 1 aliphatic rings. The van der Waals surface area contributed by atoms with Crippen molar-refractivity contribution in [2.75, 3.05) is 6.54 Å². The van der Waals surface area contributed by atoms with Gasteiger partial charge in [0.15, 0.2) is 5.65 Å². The van der Waals surface area contributed by atoms with Crippen LogP contribution in [0.2, 0.25) is 5.02 Å². The summed E-state index contributed by atoms with van der Waals surface area (Å²) in [7, 11) is 0. The van der Waals surface area contributed by atoms with Crippen molar-refractivity contribution < 1.29 is 5.11 Å². The lowest BCUT2D eigenvalue weighted by Gasteiger charge is -2.38. The topological polar surface area (TPSA) is 70.0 Å². The number of nitrogens with zero attached hydrogens (tertiary/aromatic N) is 4. The Morgan fingerprint density at radius 3 is 2.68 bits per heavy atom. The van der Waals surface area contributed by atoms with E-state index in [0.29, 0.717) is 5.02 Å². The molecule has 34 heavy (non-hydrogen) atoms. The first kappa shape index (κ1) is 21.1. The second-order valence-corrected chi connectivity index (χ2v) is 9.18. The number of aromatic nitrogens is 4. The van der Waals surface area contributed by atoms with Crippen molar-refractivity contribution in [1.29, 1.82) is 0 Å². The number of pyridine rings is 1. The summed E-state index contributed by atoms with van der Waals surface area (Å²) >= 11 is 6.20. The minimum Gasteiger partial charge on any atom is -0.372 e. The van der Waals surface area contributed by atoms with Crippen molar-refractivity contribution in [2.24, 2.45) is 0 Å². The van der Waals surface area contributed by atoms with Crippen LogP contribution in [0.25, 0.3) is 33.4 Å². The molecule has 0 saturated heterocycles. The van der Waals surface area contributed by atoms with Crippen LogP contribution in [-0.2, 0) is 6.54 Å². The van der Waals surface area contributed by atoms with Crippen LogP contribution in [0.5, 0.6) is 0 Å². The van der Waals surface area contributed by atoms with Crippen molar-refractivity contribution in [3.05, 3.63) is 95.4 Å². The zero-order chi connectivity index (χ0) is 23.2. The Hall–Kier alpha value is -3.45. The largest absolute Gasteiger partial charge is 0.372 e. The maximum absolute atomic E-state index is 11.3. The fraction of sp³-hybridized carbons (Fsp3) is 0.185. The lowest BCUT2D eigenvalue weighted by atomic mass is 10.0. The quantitative estimate of drug-likeness (QED) is 0.348. The third kappa shape index (κ3) is 3.60. The Morgan fingerprint density at radius 2 is 1.85 bits per heavy atom. The smallest absolute Gasteiger partial charge is 0.155 e. The van der Waals surface area contributed by atoms with Gasteiger partial charge in [0.1, 0.15) is 11.9 Å². The first-order valence-electron chi connectivity index (χ1n) is 11.4. The van der Waals surface area contributed by atoms with Crippen LogP contribution >= 0.6 is 11.6 Å². The summed E-state index contributed by atoms with van der Waals surface area (Å²) in [6, 6.07) is 22.2. The summed E-state index contributed by atoms with van der Waals surface area (Å²) in [6.07, 6.45) is 3.22. The van der Waals surface area contributed by atoms with Gasteiger partial charge in [0.05, 0.1) is 5.69 Å². The minimum absolute atomic E-state index is 0.0321. The van der Waals surface area contributed by atoms with Crippen molar-refractivity contribution in [3.63, 3.8) is 0 Å². The molecular formula is C27H24ClN5O. The second-order valence-electron chi connectivity index (χ2n) is 8.75. The van der Waals surface area contributed by atoms with Gasteiger partial charge in [-0.1, -0.05) is 54.1 Å². The number of hydrogen-bond donors (Lipinski definition) is 2. The summed E-state index contributed by atoms with van der Waals surface area (Å²) in [6.45, 7) is 3.62. The van der Waals surface area contributed by atoms with Crippen molar-refractivity contribution in [2.45, 2.75) is 25.7 Å². The summed E-state index contributed by atoms with van der Waals surface area (Å²) in [5, 5.41) is 20.6. The van der Waals surface area contributed by atoms with Crippen LogP contribution in [-0.4, -0.2) is 36.3 Å². The average molecular weight is 470 g/mol. The number of aliphatic hydroxyl groups excluding tert-OH is 1. The molecule has 0 amide bonds.